The molecule has 2 atom stereocenters. The van der Waals surface area contributed by atoms with Crippen LogP contribution in [0.1, 0.15) is 26.2 Å². The highest BCUT2D eigenvalue weighted by molar-refractivity contribution is 7.99. The standard InChI is InChI=1S/C11H23N3S/c1-5-12-11(14(2)3)13-9-6-7-10(8-9)15-4/h9-10H,5-8H2,1-4H3,(H,12,13). The summed E-state index contributed by atoms with van der Waals surface area (Å²) in [7, 11) is 4.09. The number of nitrogens with zero attached hydrogens (tertiary/aromatic N) is 2. The molecule has 2 unspecified atom stereocenters. The summed E-state index contributed by atoms with van der Waals surface area (Å²) < 4.78 is 0. The number of nitrogens with one attached hydrogen (secondary N) is 1. The quantitative estimate of drug-likeness (QED) is 0.591. The molecule has 1 rings (SSSR count). The van der Waals surface area contributed by atoms with Gasteiger partial charge in [0.1, 0.15) is 0 Å². The number of thioether (sulfide) groups is 1. The Hall–Kier alpha value is -0.380. The van der Waals surface area contributed by atoms with E-state index in [1.54, 1.807) is 0 Å². The van der Waals surface area contributed by atoms with Crippen LogP contribution in [0.15, 0.2) is 4.99 Å². The topological polar surface area (TPSA) is 27.6 Å². The second kappa shape index (κ2) is 6.26. The van der Waals surface area contributed by atoms with Crippen LogP contribution in [-0.2, 0) is 0 Å². The van der Waals surface area contributed by atoms with Gasteiger partial charge in [-0.2, -0.15) is 11.8 Å². The van der Waals surface area contributed by atoms with Crippen LogP contribution in [-0.4, -0.2) is 49.0 Å². The first-order valence-electron chi connectivity index (χ1n) is 5.68. The van der Waals surface area contributed by atoms with E-state index < -0.39 is 0 Å². The smallest absolute Gasteiger partial charge is 0.193 e. The van der Waals surface area contributed by atoms with Gasteiger partial charge in [-0.15, -0.1) is 0 Å². The third-order valence-electron chi connectivity index (χ3n) is 2.78. The normalized spacial score (nSPS) is 26.8. The average molecular weight is 229 g/mol. The molecule has 0 aromatic carbocycles. The van der Waals surface area contributed by atoms with Gasteiger partial charge in [0.15, 0.2) is 5.96 Å². The first-order valence-corrected chi connectivity index (χ1v) is 6.97. The zero-order valence-electron chi connectivity index (χ0n) is 10.3. The maximum atomic E-state index is 4.46. The Labute approximate surface area is 97.7 Å². The monoisotopic (exact) mass is 229 g/mol. The van der Waals surface area contributed by atoms with Crippen molar-refractivity contribution in [2.75, 3.05) is 26.9 Å². The maximum absolute atomic E-state index is 4.46. The Balaban J connectivity index is 2.43. The molecule has 0 aromatic heterocycles. The largest absolute Gasteiger partial charge is 0.353 e. The van der Waals surface area contributed by atoms with Gasteiger partial charge in [-0.05, 0) is 32.4 Å². The van der Waals surface area contributed by atoms with E-state index in [9.17, 15) is 0 Å². The Morgan fingerprint density at radius 3 is 2.67 bits per heavy atom. The molecule has 3 nitrogen and oxygen atoms in total. The van der Waals surface area contributed by atoms with E-state index in [1.807, 2.05) is 25.9 Å². The molecule has 0 radical (unpaired) electrons. The molecule has 0 aromatic rings. The third-order valence-corrected chi connectivity index (χ3v) is 3.88. The predicted octanol–water partition coefficient (Wildman–Crippen LogP) is 1.80. The van der Waals surface area contributed by atoms with Crippen LogP contribution in [0.5, 0.6) is 0 Å². The minimum atomic E-state index is 0.621. The van der Waals surface area contributed by atoms with Crippen molar-refractivity contribution in [1.82, 2.24) is 10.2 Å². The van der Waals surface area contributed by atoms with Gasteiger partial charge in [0.25, 0.3) is 0 Å². The van der Waals surface area contributed by atoms with E-state index in [2.05, 4.69) is 28.4 Å². The Bertz CT molecular complexity index is 216. The lowest BCUT2D eigenvalue weighted by atomic mass is 10.2. The van der Waals surface area contributed by atoms with Crippen molar-refractivity contribution in [1.29, 1.82) is 0 Å². The number of aliphatic imine (C=N–C) groups is 1. The third kappa shape index (κ3) is 3.93. The second-order valence-electron chi connectivity index (χ2n) is 4.20. The molecule has 1 aliphatic rings. The van der Waals surface area contributed by atoms with Crippen LogP contribution in [0, 0.1) is 0 Å². The second-order valence-corrected chi connectivity index (χ2v) is 5.34. The van der Waals surface area contributed by atoms with Gasteiger partial charge in [-0.1, -0.05) is 0 Å². The molecular weight excluding hydrogens is 206 g/mol. The van der Waals surface area contributed by atoms with Crippen molar-refractivity contribution in [2.24, 2.45) is 4.99 Å². The first kappa shape index (κ1) is 12.7. The molecule has 0 amide bonds. The van der Waals surface area contributed by atoms with Gasteiger partial charge in [0.05, 0.1) is 0 Å². The van der Waals surface area contributed by atoms with Gasteiger partial charge in [-0.25, -0.2) is 0 Å². The highest BCUT2D eigenvalue weighted by Gasteiger charge is 2.24. The molecule has 0 bridgehead atoms. The maximum Gasteiger partial charge on any atom is 0.193 e. The lowest BCUT2D eigenvalue weighted by molar-refractivity contribution is 0.534. The minimum absolute atomic E-state index is 0.621. The molecule has 0 saturated heterocycles. The Kier molecular flexibility index (Phi) is 5.29. The van der Waals surface area contributed by atoms with Crippen molar-refractivity contribution in [3.63, 3.8) is 0 Å². The fraction of sp³-hybridized carbons (Fsp3) is 0.909. The Morgan fingerprint density at radius 2 is 2.20 bits per heavy atom. The molecule has 1 saturated carbocycles. The molecule has 1 aliphatic carbocycles. The summed E-state index contributed by atoms with van der Waals surface area (Å²) in [6, 6.07) is 0.621. The summed E-state index contributed by atoms with van der Waals surface area (Å²) in [5, 5.41) is 4.38. The predicted molar refractivity (Wildman–Crippen MR) is 69.7 cm³/mol. The van der Waals surface area contributed by atoms with Gasteiger partial charge in [0.2, 0.25) is 0 Å². The van der Waals surface area contributed by atoms with Crippen LogP contribution in [0.3, 0.4) is 0 Å². The fourth-order valence-corrected chi connectivity index (χ4v) is 2.73. The van der Waals surface area contributed by atoms with Crippen molar-refractivity contribution >= 4 is 17.7 Å². The van der Waals surface area contributed by atoms with Gasteiger partial charge < -0.3 is 10.2 Å². The highest BCUT2D eigenvalue weighted by atomic mass is 32.2. The van der Waals surface area contributed by atoms with Crippen molar-refractivity contribution in [3.8, 4) is 0 Å². The number of guanidine groups is 1. The van der Waals surface area contributed by atoms with E-state index in [0.29, 0.717) is 6.04 Å². The molecule has 1 fully saturated rings. The SMILES string of the molecule is CCN=C(NC1CCC(SC)C1)N(C)C. The molecule has 0 aliphatic heterocycles. The lowest BCUT2D eigenvalue weighted by Gasteiger charge is -2.21. The minimum Gasteiger partial charge on any atom is -0.353 e. The van der Waals surface area contributed by atoms with Crippen LogP contribution < -0.4 is 5.32 Å². The van der Waals surface area contributed by atoms with Crippen molar-refractivity contribution in [2.45, 2.75) is 37.5 Å². The van der Waals surface area contributed by atoms with E-state index in [4.69, 9.17) is 0 Å². The van der Waals surface area contributed by atoms with Crippen LogP contribution >= 0.6 is 11.8 Å². The van der Waals surface area contributed by atoms with E-state index in [0.717, 1.165) is 17.8 Å². The average Bonchev–Trinajstić information content (AvgIpc) is 2.65. The number of rotatable bonds is 3. The molecule has 0 spiro atoms. The molecule has 4 heteroatoms. The van der Waals surface area contributed by atoms with E-state index >= 15 is 0 Å². The molecule has 88 valence electrons. The summed E-state index contributed by atoms with van der Waals surface area (Å²) in [4.78, 5) is 6.53. The van der Waals surface area contributed by atoms with Crippen LogP contribution in [0.4, 0.5) is 0 Å². The molecule has 1 N–H and O–H groups in total. The zero-order valence-corrected chi connectivity index (χ0v) is 11.1. The molecule has 0 heterocycles. The first-order chi connectivity index (χ1) is 7.17. The highest BCUT2D eigenvalue weighted by Crippen LogP contribution is 2.28. The van der Waals surface area contributed by atoms with Gasteiger partial charge >= 0.3 is 0 Å². The van der Waals surface area contributed by atoms with Crippen LogP contribution in [0.2, 0.25) is 0 Å². The Morgan fingerprint density at radius 1 is 1.47 bits per heavy atom. The van der Waals surface area contributed by atoms with Crippen LogP contribution in [0.25, 0.3) is 0 Å². The summed E-state index contributed by atoms with van der Waals surface area (Å²) in [6.07, 6.45) is 6.10. The summed E-state index contributed by atoms with van der Waals surface area (Å²) in [5.74, 6) is 1.03. The van der Waals surface area contributed by atoms with E-state index in [-0.39, 0.29) is 0 Å². The van der Waals surface area contributed by atoms with Crippen molar-refractivity contribution < 1.29 is 0 Å². The fourth-order valence-electron chi connectivity index (χ4n) is 1.93. The van der Waals surface area contributed by atoms with Gasteiger partial charge in [-0.3, -0.25) is 4.99 Å². The number of hydrogen-bond donors (Lipinski definition) is 1. The molecular formula is C11H23N3S. The van der Waals surface area contributed by atoms with E-state index in [1.165, 1.54) is 19.3 Å². The summed E-state index contributed by atoms with van der Waals surface area (Å²) >= 11 is 1.99. The summed E-state index contributed by atoms with van der Waals surface area (Å²) in [6.45, 7) is 2.92. The van der Waals surface area contributed by atoms with Gasteiger partial charge in [0, 0.05) is 31.9 Å². The summed E-state index contributed by atoms with van der Waals surface area (Å²) in [5.41, 5.74) is 0. The molecule has 15 heavy (non-hydrogen) atoms. The number of hydrogen-bond acceptors (Lipinski definition) is 2. The van der Waals surface area contributed by atoms with Crippen molar-refractivity contribution in [3.05, 3.63) is 0 Å². The lowest BCUT2D eigenvalue weighted by Crippen LogP contribution is -2.42. The zero-order chi connectivity index (χ0) is 11.3.